The number of hydrogen-bond donors (Lipinski definition) is 0. The normalized spacial score (nSPS) is 20.2. The number of allylic oxidation sites excluding steroid dienone is 4. The fourth-order valence-electron chi connectivity index (χ4n) is 3.04. The van der Waals surface area contributed by atoms with Gasteiger partial charge in [0.05, 0.1) is 8.07 Å². The molecule has 0 amide bonds. The van der Waals surface area contributed by atoms with Crippen LogP contribution in [0.15, 0.2) is 53.6 Å². The molecule has 1 atom stereocenters. The van der Waals surface area contributed by atoms with Crippen LogP contribution in [0, 0.1) is 0 Å². The Balaban J connectivity index is 2.39. The molecule has 102 valence electrons. The van der Waals surface area contributed by atoms with Crippen LogP contribution >= 0.6 is 0 Å². The highest BCUT2D eigenvalue weighted by Gasteiger charge is 2.34. The first-order valence-corrected chi connectivity index (χ1v) is 10.8. The molecule has 0 heterocycles. The van der Waals surface area contributed by atoms with E-state index >= 15 is 0 Å². The molecule has 0 nitrogen and oxygen atoms in total. The molecule has 0 saturated heterocycles. The van der Waals surface area contributed by atoms with Crippen molar-refractivity contribution in [2.24, 2.45) is 0 Å². The van der Waals surface area contributed by atoms with Crippen molar-refractivity contribution in [2.45, 2.75) is 51.4 Å². The lowest BCUT2D eigenvalue weighted by Gasteiger charge is -2.27. The van der Waals surface area contributed by atoms with Crippen LogP contribution in [0.25, 0.3) is 0 Å². The van der Waals surface area contributed by atoms with Crippen LogP contribution < -0.4 is 0 Å². The highest BCUT2D eigenvalue weighted by molar-refractivity contribution is 6.78. The molecule has 0 fully saturated rings. The first-order valence-electron chi connectivity index (χ1n) is 7.19. The smallest absolute Gasteiger partial charge is 0.0561 e. The highest BCUT2D eigenvalue weighted by atomic mass is 28.3. The van der Waals surface area contributed by atoms with E-state index in [1.54, 1.807) is 5.57 Å². The summed E-state index contributed by atoms with van der Waals surface area (Å²) >= 11 is 0. The van der Waals surface area contributed by atoms with Crippen LogP contribution in [0.3, 0.4) is 0 Å². The van der Waals surface area contributed by atoms with Crippen LogP contribution in [0.2, 0.25) is 25.2 Å². The third-order valence-electron chi connectivity index (χ3n) is 4.37. The molecule has 1 aliphatic rings. The molecule has 1 aromatic carbocycles. The summed E-state index contributed by atoms with van der Waals surface area (Å²) < 4.78 is 0. The van der Waals surface area contributed by atoms with E-state index in [1.165, 1.54) is 11.1 Å². The molecule has 19 heavy (non-hydrogen) atoms. The van der Waals surface area contributed by atoms with Crippen LogP contribution in [0.5, 0.6) is 0 Å². The molecule has 1 aliphatic carbocycles. The summed E-state index contributed by atoms with van der Waals surface area (Å²) in [5, 5.41) is 0. The van der Waals surface area contributed by atoms with Gasteiger partial charge in [0.2, 0.25) is 0 Å². The first kappa shape index (κ1) is 14.3. The third kappa shape index (κ3) is 2.76. The van der Waals surface area contributed by atoms with Gasteiger partial charge in [0.25, 0.3) is 0 Å². The van der Waals surface area contributed by atoms with Crippen LogP contribution in [0.1, 0.15) is 26.3 Å². The minimum Gasteiger partial charge on any atom is -0.0760 e. The molecule has 0 aromatic heterocycles. The van der Waals surface area contributed by atoms with Gasteiger partial charge in [0.15, 0.2) is 0 Å². The predicted octanol–water partition coefficient (Wildman–Crippen LogP) is 5.56. The Kier molecular flexibility index (Phi) is 3.61. The summed E-state index contributed by atoms with van der Waals surface area (Å²) in [4.78, 5) is 0. The third-order valence-corrected chi connectivity index (χ3v) is 6.86. The molecule has 0 radical (unpaired) electrons. The monoisotopic (exact) mass is 270 g/mol. The molecule has 0 bridgehead atoms. The van der Waals surface area contributed by atoms with E-state index in [1.807, 2.05) is 0 Å². The second-order valence-electron chi connectivity index (χ2n) is 7.35. The highest BCUT2D eigenvalue weighted by Crippen LogP contribution is 2.44. The summed E-state index contributed by atoms with van der Waals surface area (Å²) in [6.07, 6.45) is 4.96. The van der Waals surface area contributed by atoms with Crippen molar-refractivity contribution < 1.29 is 0 Å². The maximum absolute atomic E-state index is 2.54. The van der Waals surface area contributed by atoms with Gasteiger partial charge < -0.3 is 0 Å². The van der Waals surface area contributed by atoms with Crippen LogP contribution in [-0.2, 0) is 5.41 Å². The lowest BCUT2D eigenvalue weighted by molar-refractivity contribution is 0.640. The quantitative estimate of drug-likeness (QED) is 0.631. The molecule has 1 aromatic rings. The van der Waals surface area contributed by atoms with Crippen molar-refractivity contribution in [1.29, 1.82) is 0 Å². The van der Waals surface area contributed by atoms with E-state index in [9.17, 15) is 0 Å². The van der Waals surface area contributed by atoms with Gasteiger partial charge >= 0.3 is 0 Å². The lowest BCUT2D eigenvalue weighted by Crippen LogP contribution is -2.27. The zero-order chi connectivity index (χ0) is 14.3. The summed E-state index contributed by atoms with van der Waals surface area (Å²) in [5.74, 6) is 0. The number of rotatable bonds is 3. The SMILES string of the molecule is CC1=CC(C(C)(C)c2ccccc2)=CC1[Si](C)(C)C. The average molecular weight is 270 g/mol. The molecular formula is C18H26Si. The van der Waals surface area contributed by atoms with Gasteiger partial charge in [-0.2, -0.15) is 0 Å². The molecule has 0 N–H and O–H groups in total. The fraction of sp³-hybridized carbons (Fsp3) is 0.444. The molecular weight excluding hydrogens is 244 g/mol. The van der Waals surface area contributed by atoms with Crippen LogP contribution in [0.4, 0.5) is 0 Å². The molecule has 1 unspecified atom stereocenters. The van der Waals surface area contributed by atoms with Crippen molar-refractivity contribution in [3.8, 4) is 0 Å². The largest absolute Gasteiger partial charge is 0.0760 e. The standard InChI is InChI=1S/C18H26Si/c1-14-12-16(13-17(14)19(4,5)6)18(2,3)15-10-8-7-9-11-15/h7-13,17H,1-6H3. The van der Waals surface area contributed by atoms with Gasteiger partial charge in [0.1, 0.15) is 0 Å². The van der Waals surface area contributed by atoms with Crippen molar-refractivity contribution in [3.63, 3.8) is 0 Å². The van der Waals surface area contributed by atoms with Gasteiger partial charge in [-0.1, -0.05) is 81.5 Å². The van der Waals surface area contributed by atoms with E-state index in [-0.39, 0.29) is 5.41 Å². The summed E-state index contributed by atoms with van der Waals surface area (Å²) in [6, 6.07) is 10.9. The van der Waals surface area contributed by atoms with Gasteiger partial charge in [-0.3, -0.25) is 0 Å². The minimum absolute atomic E-state index is 0.108. The topological polar surface area (TPSA) is 0 Å². The second-order valence-corrected chi connectivity index (χ2v) is 12.7. The zero-order valence-electron chi connectivity index (χ0n) is 13.1. The Labute approximate surface area is 119 Å². The Morgan fingerprint density at radius 3 is 2.05 bits per heavy atom. The number of hydrogen-bond acceptors (Lipinski definition) is 0. The fourth-order valence-corrected chi connectivity index (χ4v) is 5.17. The molecule has 0 saturated carbocycles. The molecule has 1 heteroatoms. The Hall–Kier alpha value is -1.08. The van der Waals surface area contributed by atoms with E-state index in [0.29, 0.717) is 5.54 Å². The first-order chi connectivity index (χ1) is 8.73. The van der Waals surface area contributed by atoms with Crippen molar-refractivity contribution in [3.05, 3.63) is 59.2 Å². The van der Waals surface area contributed by atoms with Gasteiger partial charge in [0, 0.05) is 5.41 Å². The average Bonchev–Trinajstić information content (AvgIpc) is 2.73. The molecule has 2 rings (SSSR count). The number of benzene rings is 1. The van der Waals surface area contributed by atoms with E-state index in [2.05, 4.69) is 82.9 Å². The van der Waals surface area contributed by atoms with Crippen molar-refractivity contribution in [1.82, 2.24) is 0 Å². The van der Waals surface area contributed by atoms with Crippen LogP contribution in [-0.4, -0.2) is 8.07 Å². The summed E-state index contributed by atoms with van der Waals surface area (Å²) in [7, 11) is -1.15. The Bertz CT molecular complexity index is 512. The van der Waals surface area contributed by atoms with Crippen molar-refractivity contribution >= 4 is 8.07 Å². The molecule has 0 aliphatic heterocycles. The van der Waals surface area contributed by atoms with E-state index in [0.717, 1.165) is 0 Å². The summed E-state index contributed by atoms with van der Waals surface area (Å²) in [5.41, 5.74) is 5.26. The maximum Gasteiger partial charge on any atom is 0.0561 e. The Morgan fingerprint density at radius 2 is 1.58 bits per heavy atom. The zero-order valence-corrected chi connectivity index (χ0v) is 14.1. The lowest BCUT2D eigenvalue weighted by atomic mass is 9.78. The predicted molar refractivity (Wildman–Crippen MR) is 88.4 cm³/mol. The van der Waals surface area contributed by atoms with E-state index < -0.39 is 8.07 Å². The second kappa shape index (κ2) is 4.79. The minimum atomic E-state index is -1.15. The van der Waals surface area contributed by atoms with Gasteiger partial charge in [-0.05, 0) is 23.6 Å². The summed E-state index contributed by atoms with van der Waals surface area (Å²) in [6.45, 7) is 14.4. The van der Waals surface area contributed by atoms with E-state index in [4.69, 9.17) is 0 Å². The van der Waals surface area contributed by atoms with Gasteiger partial charge in [-0.15, -0.1) is 0 Å². The maximum atomic E-state index is 2.54. The van der Waals surface area contributed by atoms with Gasteiger partial charge in [-0.25, -0.2) is 0 Å². The van der Waals surface area contributed by atoms with Crippen molar-refractivity contribution in [2.75, 3.05) is 0 Å². The Morgan fingerprint density at radius 1 is 1.00 bits per heavy atom. The molecule has 0 spiro atoms.